The molecule has 1 spiro atoms. The van der Waals surface area contributed by atoms with Gasteiger partial charge in [-0.3, -0.25) is 0 Å². The molecule has 0 N–H and O–H groups in total. The van der Waals surface area contributed by atoms with Crippen LogP contribution >= 0.6 is 46.6 Å². The Hall–Kier alpha value is -2.43. The molecule has 0 radical (unpaired) electrons. The van der Waals surface area contributed by atoms with E-state index >= 15 is 0 Å². The van der Waals surface area contributed by atoms with Gasteiger partial charge in [-0.05, 0) is 11.1 Å². The SMILES string of the molecule is ClC(Cl)(Cl)C1=NC2(SC2(c2ccccc2)c2ccccc2)C(c2ccccc2)(c2ccccc2)O1. The van der Waals surface area contributed by atoms with E-state index in [1.54, 1.807) is 11.8 Å². The summed E-state index contributed by atoms with van der Waals surface area (Å²) in [5.74, 6) is 0.0939. The summed E-state index contributed by atoms with van der Waals surface area (Å²) in [7, 11) is 0. The van der Waals surface area contributed by atoms with Gasteiger partial charge < -0.3 is 4.74 Å². The van der Waals surface area contributed by atoms with Crippen molar-refractivity contribution in [2.75, 3.05) is 0 Å². The molecule has 174 valence electrons. The Morgan fingerprint density at radius 2 is 0.943 bits per heavy atom. The van der Waals surface area contributed by atoms with E-state index in [2.05, 4.69) is 72.8 Å². The predicted molar refractivity (Wildman–Crippen MR) is 146 cm³/mol. The number of halogens is 3. The average molecular weight is 537 g/mol. The Labute approximate surface area is 223 Å². The maximum absolute atomic E-state index is 6.79. The zero-order valence-electron chi connectivity index (χ0n) is 18.4. The standard InChI is InChI=1S/C29H20Cl3NOS/c30-28(31,32)25-33-29(26(34-25,21-13-5-1-6-14-21)22-15-7-2-8-16-22)27(35-29,23-17-9-3-10-18-23)24-19-11-4-12-20-24/h1-20H. The molecule has 1 atom stereocenters. The molecule has 6 heteroatoms. The average Bonchev–Trinajstić information content (AvgIpc) is 3.45. The van der Waals surface area contributed by atoms with E-state index in [4.69, 9.17) is 44.5 Å². The molecule has 2 aliphatic rings. The van der Waals surface area contributed by atoms with E-state index in [0.29, 0.717) is 0 Å². The van der Waals surface area contributed by atoms with E-state index in [-0.39, 0.29) is 5.90 Å². The molecule has 35 heavy (non-hydrogen) atoms. The first-order valence-corrected chi connectivity index (χ1v) is 13.2. The quantitative estimate of drug-likeness (QED) is 0.194. The molecule has 0 aliphatic carbocycles. The highest BCUT2D eigenvalue weighted by Gasteiger charge is 2.84. The highest BCUT2D eigenvalue weighted by atomic mass is 35.6. The van der Waals surface area contributed by atoms with Crippen molar-refractivity contribution in [2.45, 2.75) is 19.0 Å². The molecular weight excluding hydrogens is 517 g/mol. The maximum atomic E-state index is 6.79. The zero-order chi connectivity index (χ0) is 24.2. The highest BCUT2D eigenvalue weighted by molar-refractivity contribution is 8.09. The second-order valence-corrected chi connectivity index (χ2v) is 12.3. The first kappa shape index (κ1) is 23.0. The van der Waals surface area contributed by atoms with Crippen LogP contribution < -0.4 is 0 Å². The first-order valence-electron chi connectivity index (χ1n) is 11.2. The number of benzene rings is 4. The number of hydrogen-bond acceptors (Lipinski definition) is 3. The molecule has 4 aromatic rings. The fraction of sp³-hybridized carbons (Fsp3) is 0.138. The van der Waals surface area contributed by atoms with Crippen LogP contribution in [0.4, 0.5) is 0 Å². The molecule has 0 saturated carbocycles. The van der Waals surface area contributed by atoms with Gasteiger partial charge in [-0.2, -0.15) is 0 Å². The van der Waals surface area contributed by atoms with Crippen molar-refractivity contribution < 1.29 is 4.74 Å². The fourth-order valence-corrected chi connectivity index (χ4v) is 7.36. The van der Waals surface area contributed by atoms with Gasteiger partial charge >= 0.3 is 0 Å². The molecule has 1 fully saturated rings. The third kappa shape index (κ3) is 3.29. The number of thioether (sulfide) groups is 1. The third-order valence-corrected chi connectivity index (χ3v) is 9.02. The number of alkyl halides is 3. The van der Waals surface area contributed by atoms with Crippen LogP contribution in [0.3, 0.4) is 0 Å². The number of ether oxygens (including phenoxy) is 1. The molecular formula is C29H20Cl3NOS. The fourth-order valence-electron chi connectivity index (χ4n) is 5.24. The van der Waals surface area contributed by atoms with Crippen LogP contribution in [-0.2, 0) is 15.1 Å². The van der Waals surface area contributed by atoms with Crippen LogP contribution in [-0.4, -0.2) is 14.6 Å². The Morgan fingerprint density at radius 3 is 1.31 bits per heavy atom. The van der Waals surface area contributed by atoms with Gasteiger partial charge in [0.1, 0.15) is 4.75 Å². The van der Waals surface area contributed by atoms with Gasteiger partial charge in [0, 0.05) is 11.1 Å². The van der Waals surface area contributed by atoms with E-state index in [0.717, 1.165) is 22.3 Å². The van der Waals surface area contributed by atoms with Gasteiger partial charge in [0.2, 0.25) is 5.90 Å². The maximum Gasteiger partial charge on any atom is 0.266 e. The van der Waals surface area contributed by atoms with Crippen molar-refractivity contribution in [3.05, 3.63) is 144 Å². The second-order valence-electron chi connectivity index (χ2n) is 8.59. The van der Waals surface area contributed by atoms with E-state index in [1.807, 2.05) is 48.5 Å². The molecule has 4 aromatic carbocycles. The topological polar surface area (TPSA) is 21.6 Å². The Morgan fingerprint density at radius 1 is 0.571 bits per heavy atom. The second kappa shape index (κ2) is 8.31. The normalized spacial score (nSPS) is 21.9. The highest BCUT2D eigenvalue weighted by Crippen LogP contribution is 2.82. The lowest BCUT2D eigenvalue weighted by atomic mass is 9.71. The van der Waals surface area contributed by atoms with Gasteiger partial charge in [-0.1, -0.05) is 156 Å². The number of rotatable bonds is 4. The summed E-state index contributed by atoms with van der Waals surface area (Å²) in [5.41, 5.74) is 3.09. The van der Waals surface area contributed by atoms with Crippen LogP contribution in [0.25, 0.3) is 0 Å². The number of aliphatic imine (C=N–C) groups is 1. The van der Waals surface area contributed by atoms with Crippen LogP contribution in [0.15, 0.2) is 126 Å². The predicted octanol–water partition coefficient (Wildman–Crippen LogP) is 8.12. The molecule has 2 heterocycles. The van der Waals surface area contributed by atoms with Crippen molar-refractivity contribution in [3.63, 3.8) is 0 Å². The van der Waals surface area contributed by atoms with E-state index in [1.165, 1.54) is 0 Å². The van der Waals surface area contributed by atoms with Crippen LogP contribution in [0.1, 0.15) is 22.3 Å². The van der Waals surface area contributed by atoms with Crippen molar-refractivity contribution in [1.29, 1.82) is 0 Å². The van der Waals surface area contributed by atoms with E-state index in [9.17, 15) is 0 Å². The number of nitrogens with zero attached hydrogens (tertiary/aromatic N) is 1. The smallest absolute Gasteiger partial charge is 0.266 e. The van der Waals surface area contributed by atoms with Gasteiger partial charge in [0.15, 0.2) is 10.5 Å². The summed E-state index contributed by atoms with van der Waals surface area (Å²) in [6.07, 6.45) is 0. The lowest BCUT2D eigenvalue weighted by Crippen LogP contribution is -2.45. The van der Waals surface area contributed by atoms with Crippen molar-refractivity contribution in [1.82, 2.24) is 0 Å². The van der Waals surface area contributed by atoms with Crippen molar-refractivity contribution in [2.24, 2.45) is 4.99 Å². The Bertz CT molecular complexity index is 1300. The zero-order valence-corrected chi connectivity index (χ0v) is 21.5. The van der Waals surface area contributed by atoms with Gasteiger partial charge in [0.05, 0.1) is 0 Å². The van der Waals surface area contributed by atoms with Crippen LogP contribution in [0.5, 0.6) is 0 Å². The Balaban J connectivity index is 1.72. The summed E-state index contributed by atoms with van der Waals surface area (Å²) in [6.45, 7) is 0. The molecule has 0 bridgehead atoms. The Kier molecular flexibility index (Phi) is 5.46. The molecule has 0 amide bonds. The largest absolute Gasteiger partial charge is 0.458 e. The van der Waals surface area contributed by atoms with Gasteiger partial charge in [-0.25, -0.2) is 4.99 Å². The molecule has 2 aliphatic heterocycles. The van der Waals surface area contributed by atoms with Crippen molar-refractivity contribution in [3.8, 4) is 0 Å². The lowest BCUT2D eigenvalue weighted by Gasteiger charge is -2.37. The van der Waals surface area contributed by atoms with E-state index < -0.39 is 19.0 Å². The van der Waals surface area contributed by atoms with Crippen molar-refractivity contribution >= 4 is 52.5 Å². The van der Waals surface area contributed by atoms with Crippen LogP contribution in [0.2, 0.25) is 0 Å². The molecule has 0 aromatic heterocycles. The third-order valence-electron chi connectivity index (χ3n) is 6.69. The monoisotopic (exact) mass is 535 g/mol. The molecule has 1 saturated heterocycles. The summed E-state index contributed by atoms with van der Waals surface area (Å²) in [5, 5.41) is 0. The number of hydrogen-bond donors (Lipinski definition) is 0. The molecule has 1 unspecified atom stereocenters. The molecule has 2 nitrogen and oxygen atoms in total. The minimum absolute atomic E-state index is 0.0939. The lowest BCUT2D eigenvalue weighted by molar-refractivity contribution is 0.0867. The minimum Gasteiger partial charge on any atom is -0.458 e. The summed E-state index contributed by atoms with van der Waals surface area (Å²) in [6, 6.07) is 41.0. The van der Waals surface area contributed by atoms with Gasteiger partial charge in [-0.15, -0.1) is 11.8 Å². The minimum atomic E-state index is -1.82. The van der Waals surface area contributed by atoms with Crippen LogP contribution in [0, 0.1) is 0 Å². The first-order chi connectivity index (χ1) is 16.9. The van der Waals surface area contributed by atoms with Gasteiger partial charge in [0.25, 0.3) is 3.79 Å². The summed E-state index contributed by atoms with van der Waals surface area (Å²) >= 11 is 21.1. The molecule has 6 rings (SSSR count). The summed E-state index contributed by atoms with van der Waals surface area (Å²) < 4.78 is 4.41. The summed E-state index contributed by atoms with van der Waals surface area (Å²) in [4.78, 5) is 4.32.